The van der Waals surface area contributed by atoms with Gasteiger partial charge in [-0.2, -0.15) is 0 Å². The van der Waals surface area contributed by atoms with Gasteiger partial charge in [-0.05, 0) is 36.8 Å². The maximum absolute atomic E-state index is 13.2. The number of nitrogens with two attached hydrogens (primary N) is 1. The van der Waals surface area contributed by atoms with Crippen molar-refractivity contribution in [2.24, 2.45) is 5.90 Å². The molecule has 0 amide bonds. The second-order valence-corrected chi connectivity index (χ2v) is 9.23. The number of aromatic carboxylic acids is 1. The molecule has 190 valence electrons. The van der Waals surface area contributed by atoms with Crippen LogP contribution < -0.4 is 14.9 Å². The van der Waals surface area contributed by atoms with Gasteiger partial charge in [-0.1, -0.05) is 61.5 Å². The molecule has 0 aliphatic rings. The molecule has 0 aliphatic heterocycles. The number of sulfonamides is 1. The van der Waals surface area contributed by atoms with Crippen molar-refractivity contribution in [3.63, 3.8) is 0 Å². The lowest BCUT2D eigenvalue weighted by molar-refractivity contribution is 0.0696. The number of ether oxygens (including phenoxy) is 1. The number of carboxylic acid groups (broad SMARTS) is 1. The summed E-state index contributed by atoms with van der Waals surface area (Å²) >= 11 is 0. The standard InChI is InChI=1S/C20H20N2O5S.C6H6.H3NO/c1-4-16-18(20(23)24)19(15-7-5-6-8-17(15)21-16)22(2)28(25,26)14-11-9-13(27-3)10-12-14;1-2-4-6-5-3-1;1-2/h5-12H,4H2,1-3H3,(H,23,24);1-6H;2H,1H2. The van der Waals surface area contributed by atoms with Crippen LogP contribution in [0.25, 0.3) is 10.9 Å². The van der Waals surface area contributed by atoms with E-state index < -0.39 is 16.0 Å². The molecule has 1 aromatic heterocycles. The Kier molecular flexibility index (Phi) is 10.4. The van der Waals surface area contributed by atoms with Gasteiger partial charge in [-0.3, -0.25) is 9.29 Å². The van der Waals surface area contributed by atoms with Gasteiger partial charge < -0.3 is 15.1 Å². The Morgan fingerprint density at radius 1 is 0.944 bits per heavy atom. The zero-order valence-corrected chi connectivity index (χ0v) is 21.0. The maximum atomic E-state index is 13.2. The molecule has 0 saturated carbocycles. The first-order valence-corrected chi connectivity index (χ1v) is 12.3. The number of hydrogen-bond acceptors (Lipinski definition) is 7. The predicted octanol–water partition coefficient (Wildman–Crippen LogP) is 4.35. The van der Waals surface area contributed by atoms with E-state index in [0.717, 1.165) is 4.31 Å². The summed E-state index contributed by atoms with van der Waals surface area (Å²) in [5, 5.41) is 16.8. The number of fused-ring (bicyclic) bond motifs is 1. The molecule has 0 bridgehead atoms. The van der Waals surface area contributed by atoms with Gasteiger partial charge in [0.05, 0.1) is 28.9 Å². The van der Waals surface area contributed by atoms with Crippen LogP contribution in [-0.4, -0.2) is 43.8 Å². The highest BCUT2D eigenvalue weighted by molar-refractivity contribution is 7.92. The van der Waals surface area contributed by atoms with Gasteiger partial charge in [-0.25, -0.2) is 19.1 Å². The number of carbonyl (C=O) groups is 1. The number of hydrogen-bond donors (Lipinski definition) is 3. The van der Waals surface area contributed by atoms with E-state index in [1.165, 1.54) is 26.3 Å². The molecular formula is C26H29N3O6S. The molecule has 3 aromatic carbocycles. The Morgan fingerprint density at radius 3 is 1.94 bits per heavy atom. The van der Waals surface area contributed by atoms with E-state index in [-0.39, 0.29) is 16.1 Å². The molecule has 0 spiro atoms. The average molecular weight is 512 g/mol. The molecule has 4 rings (SSSR count). The number of pyridine rings is 1. The molecule has 10 heteroatoms. The first-order valence-electron chi connectivity index (χ1n) is 10.8. The monoisotopic (exact) mass is 511 g/mol. The highest BCUT2D eigenvalue weighted by Gasteiger charge is 2.29. The summed E-state index contributed by atoms with van der Waals surface area (Å²) in [6.07, 6.45) is 0.357. The maximum Gasteiger partial charge on any atom is 0.339 e. The van der Waals surface area contributed by atoms with E-state index in [1.807, 2.05) is 36.4 Å². The van der Waals surface area contributed by atoms with Crippen LogP contribution in [0, 0.1) is 0 Å². The number of nitrogens with zero attached hydrogens (tertiary/aromatic N) is 2. The van der Waals surface area contributed by atoms with Gasteiger partial charge in [0.25, 0.3) is 10.0 Å². The number of anilines is 1. The molecule has 4 aromatic rings. The largest absolute Gasteiger partial charge is 0.497 e. The van der Waals surface area contributed by atoms with E-state index in [9.17, 15) is 18.3 Å². The third-order valence-electron chi connectivity index (χ3n) is 5.19. The van der Waals surface area contributed by atoms with Gasteiger partial charge in [-0.15, -0.1) is 0 Å². The van der Waals surface area contributed by atoms with Crippen LogP contribution in [0.2, 0.25) is 0 Å². The van der Waals surface area contributed by atoms with Gasteiger partial charge in [0.15, 0.2) is 0 Å². The van der Waals surface area contributed by atoms with Crippen molar-refractivity contribution < 1.29 is 28.3 Å². The fourth-order valence-electron chi connectivity index (χ4n) is 3.46. The smallest absolute Gasteiger partial charge is 0.339 e. The lowest BCUT2D eigenvalue weighted by Crippen LogP contribution is -2.29. The summed E-state index contributed by atoms with van der Waals surface area (Å²) in [4.78, 5) is 16.5. The number of aromatic nitrogens is 1. The molecular weight excluding hydrogens is 482 g/mol. The second-order valence-electron chi connectivity index (χ2n) is 7.26. The Bertz CT molecular complexity index is 1350. The zero-order valence-electron chi connectivity index (χ0n) is 20.2. The SMILES string of the molecule is CCc1nc2ccccc2c(N(C)S(=O)(=O)c2ccc(OC)cc2)c1C(=O)O.NO.c1ccccc1. The van der Waals surface area contributed by atoms with E-state index in [4.69, 9.17) is 9.94 Å². The number of aryl methyl sites for hydroxylation is 1. The Morgan fingerprint density at radius 2 is 1.47 bits per heavy atom. The molecule has 0 radical (unpaired) electrons. The summed E-state index contributed by atoms with van der Waals surface area (Å²) in [5.74, 6) is 2.80. The van der Waals surface area contributed by atoms with E-state index in [2.05, 4.69) is 10.9 Å². The Labute approximate surface area is 210 Å². The number of methoxy groups -OCH3 is 1. The topological polar surface area (TPSA) is 143 Å². The minimum Gasteiger partial charge on any atom is -0.497 e. The third kappa shape index (κ3) is 6.36. The lowest BCUT2D eigenvalue weighted by Gasteiger charge is -2.24. The van der Waals surface area contributed by atoms with Crippen molar-refractivity contribution in [1.82, 2.24) is 4.98 Å². The van der Waals surface area contributed by atoms with Crippen LogP contribution in [0.15, 0.2) is 89.8 Å². The van der Waals surface area contributed by atoms with Gasteiger partial charge >= 0.3 is 5.97 Å². The van der Waals surface area contributed by atoms with Crippen LogP contribution in [0.3, 0.4) is 0 Å². The molecule has 36 heavy (non-hydrogen) atoms. The number of rotatable bonds is 6. The van der Waals surface area contributed by atoms with Crippen molar-refractivity contribution in [3.8, 4) is 5.75 Å². The van der Waals surface area contributed by atoms with E-state index >= 15 is 0 Å². The van der Waals surface area contributed by atoms with Crippen LogP contribution in [0.5, 0.6) is 5.75 Å². The molecule has 0 saturated heterocycles. The van der Waals surface area contributed by atoms with Gasteiger partial charge in [0.1, 0.15) is 11.3 Å². The van der Waals surface area contributed by atoms with Crippen molar-refractivity contribution in [1.29, 1.82) is 0 Å². The molecule has 1 heterocycles. The number of carboxylic acids is 1. The Hall–Kier alpha value is -3.99. The van der Waals surface area contributed by atoms with Crippen LogP contribution in [0.4, 0.5) is 5.69 Å². The molecule has 4 N–H and O–H groups in total. The molecule has 0 aliphatic carbocycles. The molecule has 0 unspecified atom stereocenters. The highest BCUT2D eigenvalue weighted by Crippen LogP contribution is 2.35. The van der Waals surface area contributed by atoms with Crippen LogP contribution >= 0.6 is 0 Å². The lowest BCUT2D eigenvalue weighted by atomic mass is 10.0. The predicted molar refractivity (Wildman–Crippen MR) is 139 cm³/mol. The second kappa shape index (κ2) is 13.2. The van der Waals surface area contributed by atoms with Crippen molar-refractivity contribution in [2.45, 2.75) is 18.2 Å². The van der Waals surface area contributed by atoms with Crippen LogP contribution in [-0.2, 0) is 16.4 Å². The Balaban J connectivity index is 0.000000491. The van der Waals surface area contributed by atoms with Crippen molar-refractivity contribution in [3.05, 3.63) is 96.2 Å². The number of para-hydroxylation sites is 1. The normalized spacial score (nSPS) is 10.4. The zero-order chi connectivity index (χ0) is 26.7. The van der Waals surface area contributed by atoms with Crippen LogP contribution in [0.1, 0.15) is 23.0 Å². The third-order valence-corrected chi connectivity index (χ3v) is 6.96. The number of benzene rings is 3. The minimum absolute atomic E-state index is 0.0334. The molecule has 9 nitrogen and oxygen atoms in total. The average Bonchev–Trinajstić information content (AvgIpc) is 2.93. The first kappa shape index (κ1) is 28.2. The molecule has 0 fully saturated rings. The fraction of sp³-hybridized carbons (Fsp3) is 0.154. The highest BCUT2D eigenvalue weighted by atomic mass is 32.2. The summed E-state index contributed by atoms with van der Waals surface area (Å²) < 4.78 is 32.5. The quantitative estimate of drug-likeness (QED) is 0.324. The van der Waals surface area contributed by atoms with Crippen molar-refractivity contribution in [2.75, 3.05) is 18.5 Å². The fourth-order valence-corrected chi connectivity index (χ4v) is 4.69. The summed E-state index contributed by atoms with van der Waals surface area (Å²) in [5.41, 5.74) is 0.862. The van der Waals surface area contributed by atoms with Crippen molar-refractivity contribution >= 4 is 32.6 Å². The summed E-state index contributed by atoms with van der Waals surface area (Å²) in [7, 11) is -1.16. The summed E-state index contributed by atoms with van der Waals surface area (Å²) in [6.45, 7) is 1.78. The first-order chi connectivity index (χ1) is 17.3. The van der Waals surface area contributed by atoms with E-state index in [1.54, 1.807) is 43.3 Å². The van der Waals surface area contributed by atoms with E-state index in [0.29, 0.717) is 28.8 Å². The van der Waals surface area contributed by atoms with Gasteiger partial charge in [0, 0.05) is 12.4 Å². The summed E-state index contributed by atoms with van der Waals surface area (Å²) in [6, 6.07) is 24.8. The minimum atomic E-state index is -4.00. The molecule has 0 atom stereocenters. The van der Waals surface area contributed by atoms with Gasteiger partial charge in [0.2, 0.25) is 0 Å².